The number of nitrogens with zero attached hydrogens (tertiary/aromatic N) is 2. The standard InChI is InChI=1S/C14H21N3/c1-4-14(12-8-6-5-7-9-12)10-16-13(15)17(14)11(2)3/h5-9,11H,4,10H2,1-3H3,(H2,15,16). The van der Waals surface area contributed by atoms with E-state index < -0.39 is 0 Å². The summed E-state index contributed by atoms with van der Waals surface area (Å²) in [5, 5.41) is 0. The van der Waals surface area contributed by atoms with Gasteiger partial charge in [-0.2, -0.15) is 0 Å². The average molecular weight is 231 g/mol. The van der Waals surface area contributed by atoms with Crippen molar-refractivity contribution in [2.75, 3.05) is 6.54 Å². The van der Waals surface area contributed by atoms with Gasteiger partial charge in [-0.3, -0.25) is 4.99 Å². The molecule has 0 aliphatic carbocycles. The quantitative estimate of drug-likeness (QED) is 0.867. The van der Waals surface area contributed by atoms with Crippen molar-refractivity contribution < 1.29 is 0 Å². The number of aliphatic imine (C=N–C) groups is 1. The molecule has 0 amide bonds. The summed E-state index contributed by atoms with van der Waals surface area (Å²) >= 11 is 0. The summed E-state index contributed by atoms with van der Waals surface area (Å²) in [7, 11) is 0. The fraction of sp³-hybridized carbons (Fsp3) is 0.500. The van der Waals surface area contributed by atoms with E-state index in [2.05, 4.69) is 54.9 Å². The molecule has 92 valence electrons. The molecular weight excluding hydrogens is 210 g/mol. The van der Waals surface area contributed by atoms with Crippen molar-refractivity contribution >= 4 is 5.96 Å². The summed E-state index contributed by atoms with van der Waals surface area (Å²) in [4.78, 5) is 6.71. The van der Waals surface area contributed by atoms with E-state index in [4.69, 9.17) is 5.73 Å². The number of hydrogen-bond acceptors (Lipinski definition) is 3. The van der Waals surface area contributed by atoms with Crippen molar-refractivity contribution in [1.82, 2.24) is 4.90 Å². The minimum absolute atomic E-state index is 0.0560. The predicted octanol–water partition coefficient (Wildman–Crippen LogP) is 2.33. The molecule has 1 heterocycles. The molecule has 3 nitrogen and oxygen atoms in total. The van der Waals surface area contributed by atoms with Crippen LogP contribution in [0.15, 0.2) is 35.3 Å². The van der Waals surface area contributed by atoms with Gasteiger partial charge in [0.25, 0.3) is 0 Å². The van der Waals surface area contributed by atoms with Gasteiger partial charge >= 0.3 is 0 Å². The van der Waals surface area contributed by atoms with E-state index >= 15 is 0 Å². The van der Waals surface area contributed by atoms with Crippen molar-refractivity contribution in [3.05, 3.63) is 35.9 Å². The fourth-order valence-corrected chi connectivity index (χ4v) is 2.81. The zero-order valence-corrected chi connectivity index (χ0v) is 10.9. The minimum atomic E-state index is -0.0560. The highest BCUT2D eigenvalue weighted by atomic mass is 15.4. The molecule has 2 rings (SSSR count). The Hall–Kier alpha value is -1.51. The van der Waals surface area contributed by atoms with Gasteiger partial charge in [-0.05, 0) is 25.8 Å². The zero-order chi connectivity index (χ0) is 12.5. The molecule has 2 N–H and O–H groups in total. The molecule has 0 saturated carbocycles. The molecular formula is C14H21N3. The first-order valence-electron chi connectivity index (χ1n) is 6.26. The third kappa shape index (κ3) is 1.79. The maximum absolute atomic E-state index is 6.04. The summed E-state index contributed by atoms with van der Waals surface area (Å²) < 4.78 is 0. The molecule has 1 atom stereocenters. The summed E-state index contributed by atoms with van der Waals surface area (Å²) in [5.41, 5.74) is 7.29. The number of guanidine groups is 1. The van der Waals surface area contributed by atoms with Crippen molar-refractivity contribution in [2.45, 2.75) is 38.8 Å². The van der Waals surface area contributed by atoms with Gasteiger partial charge in [0.2, 0.25) is 0 Å². The van der Waals surface area contributed by atoms with Crippen LogP contribution in [0.4, 0.5) is 0 Å². The van der Waals surface area contributed by atoms with Gasteiger partial charge in [0.05, 0.1) is 12.1 Å². The van der Waals surface area contributed by atoms with Crippen molar-refractivity contribution in [2.24, 2.45) is 10.7 Å². The summed E-state index contributed by atoms with van der Waals surface area (Å²) in [5.74, 6) is 0.672. The lowest BCUT2D eigenvalue weighted by Gasteiger charge is -2.41. The predicted molar refractivity (Wildman–Crippen MR) is 71.9 cm³/mol. The lowest BCUT2D eigenvalue weighted by molar-refractivity contribution is 0.158. The van der Waals surface area contributed by atoms with Crippen molar-refractivity contribution in [3.63, 3.8) is 0 Å². The van der Waals surface area contributed by atoms with E-state index in [-0.39, 0.29) is 5.54 Å². The Labute approximate surface area is 103 Å². The van der Waals surface area contributed by atoms with Gasteiger partial charge in [0, 0.05) is 6.04 Å². The average Bonchev–Trinajstić information content (AvgIpc) is 2.69. The van der Waals surface area contributed by atoms with Gasteiger partial charge < -0.3 is 10.6 Å². The zero-order valence-electron chi connectivity index (χ0n) is 10.9. The normalized spacial score (nSPS) is 24.2. The van der Waals surface area contributed by atoms with Crippen LogP contribution in [-0.4, -0.2) is 23.4 Å². The molecule has 0 aromatic heterocycles. The Kier molecular flexibility index (Phi) is 3.09. The second-order valence-electron chi connectivity index (χ2n) is 4.89. The van der Waals surface area contributed by atoms with Crippen LogP contribution in [0.5, 0.6) is 0 Å². The van der Waals surface area contributed by atoms with Gasteiger partial charge in [0.15, 0.2) is 5.96 Å². The molecule has 1 unspecified atom stereocenters. The molecule has 3 heteroatoms. The molecule has 1 aromatic rings. The van der Waals surface area contributed by atoms with Crippen LogP contribution in [0, 0.1) is 0 Å². The Balaban J connectivity index is 2.46. The molecule has 0 bridgehead atoms. The van der Waals surface area contributed by atoms with E-state index in [1.165, 1.54) is 5.56 Å². The Bertz CT molecular complexity index is 411. The minimum Gasteiger partial charge on any atom is -0.370 e. The molecule has 0 radical (unpaired) electrons. The van der Waals surface area contributed by atoms with Crippen LogP contribution >= 0.6 is 0 Å². The topological polar surface area (TPSA) is 41.6 Å². The van der Waals surface area contributed by atoms with E-state index in [0.29, 0.717) is 12.0 Å². The monoisotopic (exact) mass is 231 g/mol. The Morgan fingerprint density at radius 2 is 2.00 bits per heavy atom. The van der Waals surface area contributed by atoms with Crippen LogP contribution < -0.4 is 5.73 Å². The molecule has 1 aromatic carbocycles. The highest BCUT2D eigenvalue weighted by Crippen LogP contribution is 2.37. The van der Waals surface area contributed by atoms with Crippen molar-refractivity contribution in [3.8, 4) is 0 Å². The molecule has 17 heavy (non-hydrogen) atoms. The largest absolute Gasteiger partial charge is 0.370 e. The SMILES string of the molecule is CCC1(c2ccccc2)CN=C(N)N1C(C)C. The van der Waals surface area contributed by atoms with Gasteiger partial charge in [-0.1, -0.05) is 37.3 Å². The first-order valence-corrected chi connectivity index (χ1v) is 6.26. The van der Waals surface area contributed by atoms with E-state index in [0.717, 1.165) is 13.0 Å². The van der Waals surface area contributed by atoms with E-state index in [1.807, 2.05) is 6.07 Å². The number of benzene rings is 1. The van der Waals surface area contributed by atoms with Crippen LogP contribution in [-0.2, 0) is 5.54 Å². The van der Waals surface area contributed by atoms with Crippen LogP contribution in [0.3, 0.4) is 0 Å². The fourth-order valence-electron chi connectivity index (χ4n) is 2.81. The molecule has 0 saturated heterocycles. The van der Waals surface area contributed by atoms with Crippen LogP contribution in [0.2, 0.25) is 0 Å². The smallest absolute Gasteiger partial charge is 0.192 e. The third-order valence-corrected chi connectivity index (χ3v) is 3.62. The lowest BCUT2D eigenvalue weighted by atomic mass is 9.85. The number of rotatable bonds is 3. The highest BCUT2D eigenvalue weighted by Gasteiger charge is 2.43. The lowest BCUT2D eigenvalue weighted by Crippen LogP contribution is -2.52. The second-order valence-corrected chi connectivity index (χ2v) is 4.89. The summed E-state index contributed by atoms with van der Waals surface area (Å²) in [6, 6.07) is 10.9. The third-order valence-electron chi connectivity index (χ3n) is 3.62. The summed E-state index contributed by atoms with van der Waals surface area (Å²) in [6.07, 6.45) is 1.01. The molecule has 0 spiro atoms. The Morgan fingerprint density at radius 3 is 2.53 bits per heavy atom. The molecule has 0 fully saturated rings. The highest BCUT2D eigenvalue weighted by molar-refractivity contribution is 5.81. The first-order chi connectivity index (χ1) is 8.12. The summed E-state index contributed by atoms with van der Waals surface area (Å²) in [6.45, 7) is 7.30. The van der Waals surface area contributed by atoms with Gasteiger partial charge in [-0.15, -0.1) is 0 Å². The van der Waals surface area contributed by atoms with Crippen LogP contribution in [0.1, 0.15) is 32.8 Å². The van der Waals surface area contributed by atoms with E-state index in [1.54, 1.807) is 0 Å². The van der Waals surface area contributed by atoms with E-state index in [9.17, 15) is 0 Å². The molecule has 1 aliphatic heterocycles. The number of hydrogen-bond donors (Lipinski definition) is 1. The first kappa shape index (κ1) is 12.0. The van der Waals surface area contributed by atoms with Crippen LogP contribution in [0.25, 0.3) is 0 Å². The second kappa shape index (κ2) is 4.40. The maximum Gasteiger partial charge on any atom is 0.192 e. The maximum atomic E-state index is 6.04. The van der Waals surface area contributed by atoms with Gasteiger partial charge in [-0.25, -0.2) is 0 Å². The number of nitrogens with two attached hydrogens (primary N) is 1. The van der Waals surface area contributed by atoms with Gasteiger partial charge in [0.1, 0.15) is 0 Å². The Morgan fingerprint density at radius 1 is 1.35 bits per heavy atom. The van der Waals surface area contributed by atoms with Crippen molar-refractivity contribution in [1.29, 1.82) is 0 Å². The molecule has 1 aliphatic rings.